The lowest BCUT2D eigenvalue weighted by atomic mass is 10.2. The van der Waals surface area contributed by atoms with Crippen LogP contribution in [0.25, 0.3) is 0 Å². The highest BCUT2D eigenvalue weighted by Crippen LogP contribution is 2.40. The number of fused-ring (bicyclic) bond motifs is 1. The lowest BCUT2D eigenvalue weighted by molar-refractivity contribution is -0.385. The minimum absolute atomic E-state index is 0.150. The normalized spacial score (nSPS) is 13.5. The maximum absolute atomic E-state index is 10.8. The molecular formula is C10H11N3O4. The second-order valence-electron chi connectivity index (χ2n) is 3.47. The molecule has 1 aromatic rings. The molecule has 0 aromatic heterocycles. The summed E-state index contributed by atoms with van der Waals surface area (Å²) in [6.45, 7) is 1.67. The van der Waals surface area contributed by atoms with Gasteiger partial charge in [-0.3, -0.25) is 10.1 Å². The van der Waals surface area contributed by atoms with Gasteiger partial charge >= 0.3 is 5.69 Å². The summed E-state index contributed by atoms with van der Waals surface area (Å²) in [4.78, 5) is 10.3. The van der Waals surface area contributed by atoms with Gasteiger partial charge in [0.15, 0.2) is 11.5 Å². The lowest BCUT2D eigenvalue weighted by Gasteiger charge is -2.21. The highest BCUT2D eigenvalue weighted by Gasteiger charge is 2.23. The van der Waals surface area contributed by atoms with Gasteiger partial charge in [0, 0.05) is 6.07 Å². The van der Waals surface area contributed by atoms with Gasteiger partial charge < -0.3 is 20.5 Å². The van der Waals surface area contributed by atoms with Gasteiger partial charge in [-0.1, -0.05) is 0 Å². The quantitative estimate of drug-likeness (QED) is 0.598. The SMILES string of the molecule is COc1cc2c(cc1[N+](=O)[O-])OC(C)=C(N)N2. The largest absolute Gasteiger partial charge is 0.490 e. The van der Waals surface area contributed by atoms with E-state index >= 15 is 0 Å². The number of nitrogens with zero attached hydrogens (tertiary/aromatic N) is 1. The van der Waals surface area contributed by atoms with Crippen molar-refractivity contribution in [2.24, 2.45) is 5.73 Å². The maximum Gasteiger partial charge on any atom is 0.314 e. The monoisotopic (exact) mass is 237 g/mol. The molecule has 7 nitrogen and oxygen atoms in total. The van der Waals surface area contributed by atoms with Crippen molar-refractivity contribution in [3.8, 4) is 11.5 Å². The molecule has 0 aliphatic carbocycles. The minimum Gasteiger partial charge on any atom is -0.490 e. The molecule has 1 aliphatic rings. The smallest absolute Gasteiger partial charge is 0.314 e. The summed E-state index contributed by atoms with van der Waals surface area (Å²) in [5, 5.41) is 13.7. The summed E-state index contributed by atoms with van der Waals surface area (Å²) in [5.41, 5.74) is 6.04. The summed E-state index contributed by atoms with van der Waals surface area (Å²) in [7, 11) is 1.36. The van der Waals surface area contributed by atoms with Gasteiger partial charge in [-0.25, -0.2) is 0 Å². The number of methoxy groups -OCH3 is 1. The van der Waals surface area contributed by atoms with Crippen molar-refractivity contribution in [2.75, 3.05) is 12.4 Å². The van der Waals surface area contributed by atoms with Gasteiger partial charge in [0.2, 0.25) is 0 Å². The van der Waals surface area contributed by atoms with Crippen molar-refractivity contribution in [1.29, 1.82) is 0 Å². The number of hydrogen-bond donors (Lipinski definition) is 2. The summed E-state index contributed by atoms with van der Waals surface area (Å²) >= 11 is 0. The first kappa shape index (κ1) is 11.1. The van der Waals surface area contributed by atoms with Gasteiger partial charge in [0.25, 0.3) is 0 Å². The average molecular weight is 237 g/mol. The van der Waals surface area contributed by atoms with E-state index in [0.29, 0.717) is 23.0 Å². The molecule has 1 heterocycles. The molecule has 1 aromatic carbocycles. The van der Waals surface area contributed by atoms with Crippen LogP contribution in [-0.4, -0.2) is 12.0 Å². The van der Waals surface area contributed by atoms with Crippen molar-refractivity contribution >= 4 is 11.4 Å². The summed E-state index contributed by atoms with van der Waals surface area (Å²) in [5.74, 6) is 1.34. The number of anilines is 1. The van der Waals surface area contributed by atoms with Crippen LogP contribution in [0.15, 0.2) is 23.7 Å². The van der Waals surface area contributed by atoms with Crippen LogP contribution in [-0.2, 0) is 0 Å². The molecule has 0 spiro atoms. The van der Waals surface area contributed by atoms with Crippen molar-refractivity contribution < 1.29 is 14.4 Å². The topological polar surface area (TPSA) is 99.7 Å². The van der Waals surface area contributed by atoms with Crippen molar-refractivity contribution in [1.82, 2.24) is 0 Å². The molecule has 3 N–H and O–H groups in total. The number of nitro benzene ring substituents is 1. The molecule has 0 fully saturated rings. The van der Waals surface area contributed by atoms with Crippen LogP contribution in [0.5, 0.6) is 11.5 Å². The molecule has 7 heteroatoms. The van der Waals surface area contributed by atoms with Crippen molar-refractivity contribution in [2.45, 2.75) is 6.92 Å². The van der Waals surface area contributed by atoms with Crippen molar-refractivity contribution in [3.05, 3.63) is 33.8 Å². The van der Waals surface area contributed by atoms with Crippen LogP contribution in [0.1, 0.15) is 6.92 Å². The van der Waals surface area contributed by atoms with E-state index in [1.54, 1.807) is 6.92 Å². The number of nitrogens with one attached hydrogen (secondary N) is 1. The van der Waals surface area contributed by atoms with E-state index in [9.17, 15) is 10.1 Å². The molecular weight excluding hydrogens is 226 g/mol. The molecule has 0 saturated heterocycles. The van der Waals surface area contributed by atoms with Crippen LogP contribution in [0.4, 0.5) is 11.4 Å². The van der Waals surface area contributed by atoms with E-state index in [1.165, 1.54) is 19.2 Å². The molecule has 0 bridgehead atoms. The number of nitrogens with two attached hydrogens (primary N) is 1. The third-order valence-corrected chi connectivity index (χ3v) is 2.39. The summed E-state index contributed by atoms with van der Waals surface area (Å²) in [6, 6.07) is 2.78. The molecule has 1 aliphatic heterocycles. The second kappa shape index (κ2) is 3.85. The Morgan fingerprint density at radius 2 is 2.24 bits per heavy atom. The predicted octanol–water partition coefficient (Wildman–Crippen LogP) is 1.56. The van der Waals surface area contributed by atoms with Gasteiger partial charge in [0.05, 0.1) is 23.8 Å². The van der Waals surface area contributed by atoms with Crippen LogP contribution in [0, 0.1) is 10.1 Å². The molecule has 90 valence electrons. The minimum atomic E-state index is -0.528. The fourth-order valence-electron chi connectivity index (χ4n) is 1.49. The first-order valence-corrected chi connectivity index (χ1v) is 4.80. The van der Waals surface area contributed by atoms with Gasteiger partial charge in [-0.2, -0.15) is 0 Å². The molecule has 0 atom stereocenters. The molecule has 0 radical (unpaired) electrons. The zero-order chi connectivity index (χ0) is 12.6. The maximum atomic E-state index is 10.8. The van der Waals surface area contributed by atoms with Gasteiger partial charge in [0.1, 0.15) is 11.6 Å². The zero-order valence-electron chi connectivity index (χ0n) is 9.31. The third-order valence-electron chi connectivity index (χ3n) is 2.39. The Balaban J connectivity index is 2.53. The molecule has 2 rings (SSSR count). The zero-order valence-corrected chi connectivity index (χ0v) is 9.31. The van der Waals surface area contributed by atoms with E-state index in [4.69, 9.17) is 15.2 Å². The highest BCUT2D eigenvalue weighted by molar-refractivity contribution is 5.70. The Kier molecular flexibility index (Phi) is 2.51. The number of rotatable bonds is 2. The molecule has 0 amide bonds. The number of hydrogen-bond acceptors (Lipinski definition) is 6. The van der Waals surface area contributed by atoms with E-state index in [1.807, 2.05) is 0 Å². The Labute approximate surface area is 97.0 Å². The number of allylic oxidation sites excluding steroid dienone is 1. The molecule has 0 saturated carbocycles. The van der Waals surface area contributed by atoms with E-state index in [0.717, 1.165) is 0 Å². The Morgan fingerprint density at radius 1 is 1.53 bits per heavy atom. The standard InChI is InChI=1S/C10H11N3O4/c1-5-10(11)12-6-3-9(16-2)7(13(14)15)4-8(6)17-5/h3-4,12H,11H2,1-2H3. The Bertz CT molecular complexity index is 525. The number of benzene rings is 1. The second-order valence-corrected chi connectivity index (χ2v) is 3.47. The summed E-state index contributed by atoms with van der Waals surface area (Å²) in [6.07, 6.45) is 0. The Morgan fingerprint density at radius 3 is 2.82 bits per heavy atom. The van der Waals surface area contributed by atoms with E-state index < -0.39 is 4.92 Å². The van der Waals surface area contributed by atoms with Crippen LogP contribution < -0.4 is 20.5 Å². The van der Waals surface area contributed by atoms with Crippen LogP contribution in [0.2, 0.25) is 0 Å². The van der Waals surface area contributed by atoms with E-state index in [-0.39, 0.29) is 11.4 Å². The first-order valence-electron chi connectivity index (χ1n) is 4.80. The third kappa shape index (κ3) is 1.82. The first-order chi connectivity index (χ1) is 8.02. The highest BCUT2D eigenvalue weighted by atomic mass is 16.6. The van der Waals surface area contributed by atoms with Gasteiger partial charge in [-0.05, 0) is 6.92 Å². The van der Waals surface area contributed by atoms with E-state index in [2.05, 4.69) is 5.32 Å². The molecule has 17 heavy (non-hydrogen) atoms. The fourth-order valence-corrected chi connectivity index (χ4v) is 1.49. The number of nitro groups is 1. The lowest BCUT2D eigenvalue weighted by Crippen LogP contribution is -2.19. The average Bonchev–Trinajstić information content (AvgIpc) is 2.29. The Hall–Kier alpha value is -2.44. The van der Waals surface area contributed by atoms with Crippen molar-refractivity contribution in [3.63, 3.8) is 0 Å². The van der Waals surface area contributed by atoms with Crippen LogP contribution >= 0.6 is 0 Å². The van der Waals surface area contributed by atoms with Gasteiger partial charge in [-0.15, -0.1) is 0 Å². The summed E-state index contributed by atoms with van der Waals surface area (Å²) < 4.78 is 10.3. The number of ether oxygens (including phenoxy) is 2. The predicted molar refractivity (Wildman–Crippen MR) is 60.8 cm³/mol. The molecule has 0 unspecified atom stereocenters. The van der Waals surface area contributed by atoms with Crippen LogP contribution in [0.3, 0.4) is 0 Å². The fraction of sp³-hybridized carbons (Fsp3) is 0.200.